The van der Waals surface area contributed by atoms with Gasteiger partial charge in [0.05, 0.1) is 14.2 Å². The first-order valence-electron chi connectivity index (χ1n) is 8.27. The number of nitrogens with one attached hydrogen (secondary N) is 1. The van der Waals surface area contributed by atoms with E-state index in [4.69, 9.17) is 9.47 Å². The number of methoxy groups -OCH3 is 2. The first-order chi connectivity index (χ1) is 12.2. The second-order valence-electron chi connectivity index (χ2n) is 6.17. The molecule has 0 radical (unpaired) electrons. The molecule has 3 aromatic carbocycles. The van der Waals surface area contributed by atoms with E-state index in [-0.39, 0.29) is 5.91 Å². The van der Waals surface area contributed by atoms with Gasteiger partial charge >= 0.3 is 0 Å². The Kier molecular flexibility index (Phi) is 3.80. The Morgan fingerprint density at radius 3 is 2.28 bits per heavy atom. The molecule has 0 unspecified atom stereocenters. The van der Waals surface area contributed by atoms with Gasteiger partial charge in [-0.15, -0.1) is 0 Å². The quantitative estimate of drug-likeness (QED) is 0.778. The molecule has 4 nitrogen and oxygen atoms in total. The van der Waals surface area contributed by atoms with Crippen molar-refractivity contribution in [3.63, 3.8) is 0 Å². The lowest BCUT2D eigenvalue weighted by Crippen LogP contribution is -2.12. The third kappa shape index (κ3) is 2.70. The van der Waals surface area contributed by atoms with E-state index in [0.29, 0.717) is 17.1 Å². The number of anilines is 1. The van der Waals surface area contributed by atoms with Gasteiger partial charge in [0.1, 0.15) is 11.5 Å². The highest BCUT2D eigenvalue weighted by molar-refractivity contribution is 6.10. The van der Waals surface area contributed by atoms with Crippen LogP contribution in [0.15, 0.2) is 48.5 Å². The molecule has 0 aliphatic heterocycles. The van der Waals surface area contributed by atoms with Crippen LogP contribution < -0.4 is 14.8 Å². The van der Waals surface area contributed by atoms with E-state index in [9.17, 15) is 4.79 Å². The Morgan fingerprint density at radius 1 is 0.920 bits per heavy atom. The molecule has 25 heavy (non-hydrogen) atoms. The lowest BCUT2D eigenvalue weighted by Gasteiger charge is -2.12. The first kappa shape index (κ1) is 15.5. The molecule has 0 aromatic heterocycles. The number of carbonyl (C=O) groups excluding carboxylic acids is 1. The summed E-state index contributed by atoms with van der Waals surface area (Å²) in [6.45, 7) is 0. The Bertz CT molecular complexity index is 946. The zero-order valence-corrected chi connectivity index (χ0v) is 14.3. The van der Waals surface area contributed by atoms with Crippen LogP contribution in [0, 0.1) is 0 Å². The molecule has 0 atom stereocenters. The summed E-state index contributed by atoms with van der Waals surface area (Å²) in [7, 11) is 3.14. The van der Waals surface area contributed by atoms with Gasteiger partial charge in [0, 0.05) is 22.7 Å². The van der Waals surface area contributed by atoms with Crippen LogP contribution in [0.4, 0.5) is 5.69 Å². The average Bonchev–Trinajstić information content (AvgIpc) is 3.08. The summed E-state index contributed by atoms with van der Waals surface area (Å²) < 4.78 is 10.5. The van der Waals surface area contributed by atoms with Crippen LogP contribution in [0.25, 0.3) is 10.8 Å². The summed E-state index contributed by atoms with van der Waals surface area (Å²) in [4.78, 5) is 12.8. The second-order valence-corrected chi connectivity index (χ2v) is 6.17. The van der Waals surface area contributed by atoms with Crippen molar-refractivity contribution in [1.29, 1.82) is 0 Å². The Labute approximate surface area is 146 Å². The molecule has 1 aliphatic carbocycles. The van der Waals surface area contributed by atoms with Crippen molar-refractivity contribution in [1.82, 2.24) is 0 Å². The lowest BCUT2D eigenvalue weighted by atomic mass is 10.0. The van der Waals surface area contributed by atoms with Crippen LogP contribution in [0.5, 0.6) is 11.5 Å². The van der Waals surface area contributed by atoms with Crippen LogP contribution in [0.2, 0.25) is 0 Å². The molecule has 1 N–H and O–H groups in total. The zero-order chi connectivity index (χ0) is 17.4. The fourth-order valence-electron chi connectivity index (χ4n) is 3.49. The number of hydrogen-bond acceptors (Lipinski definition) is 3. The van der Waals surface area contributed by atoms with Crippen molar-refractivity contribution in [3.05, 3.63) is 65.2 Å². The van der Waals surface area contributed by atoms with Crippen LogP contribution in [0.3, 0.4) is 0 Å². The van der Waals surface area contributed by atoms with E-state index in [2.05, 4.69) is 29.6 Å². The third-order valence-electron chi connectivity index (χ3n) is 4.74. The number of aryl methyl sites for hydroxylation is 2. The summed E-state index contributed by atoms with van der Waals surface area (Å²) in [5.41, 5.74) is 4.03. The van der Waals surface area contributed by atoms with Crippen molar-refractivity contribution < 1.29 is 14.3 Å². The van der Waals surface area contributed by atoms with Crippen LogP contribution in [0.1, 0.15) is 21.5 Å². The summed E-state index contributed by atoms with van der Waals surface area (Å²) in [6.07, 6.45) is 2.13. The van der Waals surface area contributed by atoms with Crippen LogP contribution >= 0.6 is 0 Å². The predicted octanol–water partition coefficient (Wildman–Crippen LogP) is 4.21. The highest BCUT2D eigenvalue weighted by atomic mass is 16.5. The Balaban J connectivity index is 1.72. The van der Waals surface area contributed by atoms with Crippen molar-refractivity contribution in [2.24, 2.45) is 0 Å². The maximum absolute atomic E-state index is 12.8. The molecule has 0 saturated heterocycles. The van der Waals surface area contributed by atoms with Crippen LogP contribution in [-0.2, 0) is 12.8 Å². The molecule has 1 amide bonds. The number of benzene rings is 3. The van der Waals surface area contributed by atoms with Crippen molar-refractivity contribution in [2.45, 2.75) is 12.8 Å². The molecular formula is C21H19NO3. The molecule has 1 aliphatic rings. The predicted molar refractivity (Wildman–Crippen MR) is 98.9 cm³/mol. The minimum Gasteiger partial charge on any atom is -0.497 e. The maximum atomic E-state index is 12.8. The largest absolute Gasteiger partial charge is 0.497 e. The highest BCUT2D eigenvalue weighted by Crippen LogP contribution is 2.35. The number of ether oxygens (including phenoxy) is 2. The normalized spacial score (nSPS) is 12.2. The van der Waals surface area contributed by atoms with Gasteiger partial charge in [-0.3, -0.25) is 4.79 Å². The topological polar surface area (TPSA) is 47.6 Å². The SMILES string of the molecule is COc1cc(OC)cc(C(=O)Nc2ccc3c4c(cccc24)CC3)c1. The van der Waals surface area contributed by atoms with Crippen molar-refractivity contribution in [2.75, 3.05) is 19.5 Å². The van der Waals surface area contributed by atoms with Gasteiger partial charge in [-0.05, 0) is 47.6 Å². The summed E-state index contributed by atoms with van der Waals surface area (Å²) >= 11 is 0. The Hall–Kier alpha value is -3.01. The molecule has 3 aromatic rings. The minimum atomic E-state index is -0.184. The van der Waals surface area contributed by atoms with Gasteiger partial charge < -0.3 is 14.8 Å². The minimum absolute atomic E-state index is 0.184. The molecule has 0 spiro atoms. The van der Waals surface area contributed by atoms with Gasteiger partial charge in [0.15, 0.2) is 0 Å². The van der Waals surface area contributed by atoms with Gasteiger partial charge in [-0.25, -0.2) is 0 Å². The summed E-state index contributed by atoms with van der Waals surface area (Å²) in [5.74, 6) is 0.991. The number of hydrogen-bond donors (Lipinski definition) is 1. The molecule has 126 valence electrons. The summed E-state index contributed by atoms with van der Waals surface area (Å²) in [6, 6.07) is 15.5. The van der Waals surface area contributed by atoms with E-state index in [1.54, 1.807) is 32.4 Å². The van der Waals surface area contributed by atoms with Gasteiger partial charge in [0.25, 0.3) is 5.91 Å². The fraction of sp³-hybridized carbons (Fsp3) is 0.190. The smallest absolute Gasteiger partial charge is 0.255 e. The van der Waals surface area contributed by atoms with Gasteiger partial charge in [0.2, 0.25) is 0 Å². The van der Waals surface area contributed by atoms with Gasteiger partial charge in [-0.2, -0.15) is 0 Å². The van der Waals surface area contributed by atoms with Crippen LogP contribution in [-0.4, -0.2) is 20.1 Å². The van der Waals surface area contributed by atoms with E-state index in [1.807, 2.05) is 6.07 Å². The van der Waals surface area contributed by atoms with E-state index < -0.39 is 0 Å². The monoisotopic (exact) mass is 333 g/mol. The standard InChI is InChI=1S/C21H19NO3/c1-24-16-10-15(11-17(12-16)25-2)21(23)22-19-9-8-14-7-6-13-4-3-5-18(19)20(13)14/h3-5,8-12H,6-7H2,1-2H3,(H,22,23). The molecule has 0 bridgehead atoms. The average molecular weight is 333 g/mol. The third-order valence-corrected chi connectivity index (χ3v) is 4.74. The van der Waals surface area contributed by atoms with E-state index >= 15 is 0 Å². The fourth-order valence-corrected chi connectivity index (χ4v) is 3.49. The number of carbonyl (C=O) groups is 1. The lowest BCUT2D eigenvalue weighted by molar-refractivity contribution is 0.102. The van der Waals surface area contributed by atoms with E-state index in [1.165, 1.54) is 16.5 Å². The summed E-state index contributed by atoms with van der Waals surface area (Å²) in [5, 5.41) is 5.41. The van der Waals surface area contributed by atoms with Crippen molar-refractivity contribution >= 4 is 22.4 Å². The maximum Gasteiger partial charge on any atom is 0.255 e. The number of rotatable bonds is 4. The van der Waals surface area contributed by atoms with E-state index in [0.717, 1.165) is 23.9 Å². The second kappa shape index (κ2) is 6.13. The first-order valence-corrected chi connectivity index (χ1v) is 8.27. The number of amides is 1. The van der Waals surface area contributed by atoms with Gasteiger partial charge in [-0.1, -0.05) is 24.3 Å². The Morgan fingerprint density at radius 2 is 1.60 bits per heavy atom. The molecule has 0 saturated carbocycles. The highest BCUT2D eigenvalue weighted by Gasteiger charge is 2.17. The molecule has 4 rings (SSSR count). The molecular weight excluding hydrogens is 314 g/mol. The van der Waals surface area contributed by atoms with Crippen molar-refractivity contribution in [3.8, 4) is 11.5 Å². The molecule has 0 fully saturated rings. The zero-order valence-electron chi connectivity index (χ0n) is 14.3. The molecule has 4 heteroatoms. The molecule has 0 heterocycles.